The number of phosphoric acid groups is 1. The largest absolute Gasteiger partial charge is 0.756 e. The average molecular weight is 792 g/mol. The number of carbonyl (C=O) groups is 2. The van der Waals surface area contributed by atoms with Gasteiger partial charge in [-0.15, -0.1) is 0 Å². The lowest BCUT2D eigenvalue weighted by Gasteiger charge is -2.28. The average Bonchev–Trinajstić information content (AvgIpc) is 3.13. The number of unbranched alkanes of at least 4 members (excludes halogenated alkanes) is 11. The minimum Gasteiger partial charge on any atom is -0.756 e. The highest BCUT2D eigenvalue weighted by molar-refractivity contribution is 7.45. The first-order valence-electron chi connectivity index (χ1n) is 21.1. The normalized spacial score (nSPS) is 14.4. The van der Waals surface area contributed by atoms with Crippen LogP contribution in [0.4, 0.5) is 0 Å². The van der Waals surface area contributed by atoms with Crippen LogP contribution in [0, 0.1) is 0 Å². The Morgan fingerprint density at radius 3 is 1.62 bits per heavy atom. The second kappa shape index (κ2) is 37.1. The van der Waals surface area contributed by atoms with Crippen molar-refractivity contribution in [3.05, 3.63) is 72.9 Å². The van der Waals surface area contributed by atoms with Gasteiger partial charge < -0.3 is 27.9 Å². The number of rotatable bonds is 37. The molecule has 2 atom stereocenters. The third-order valence-corrected chi connectivity index (χ3v) is 9.44. The number of esters is 2. The van der Waals surface area contributed by atoms with E-state index in [1.54, 1.807) is 0 Å². The molecule has 0 rings (SSSR count). The number of nitrogens with zero attached hydrogens (tertiary/aromatic N) is 1. The first-order chi connectivity index (χ1) is 26.5. The van der Waals surface area contributed by atoms with E-state index < -0.39 is 32.5 Å². The minimum absolute atomic E-state index is 0.0483. The van der Waals surface area contributed by atoms with Crippen LogP contribution < -0.4 is 4.89 Å². The van der Waals surface area contributed by atoms with Crippen molar-refractivity contribution in [1.29, 1.82) is 0 Å². The molecule has 10 heteroatoms. The van der Waals surface area contributed by atoms with Crippen LogP contribution >= 0.6 is 7.82 Å². The van der Waals surface area contributed by atoms with Gasteiger partial charge in [0.05, 0.1) is 27.7 Å². The highest BCUT2D eigenvalue weighted by Gasteiger charge is 2.21. The third kappa shape index (κ3) is 40.9. The van der Waals surface area contributed by atoms with E-state index in [2.05, 4.69) is 74.6 Å². The molecule has 0 aromatic rings. The molecule has 0 bridgehead atoms. The number of hydrogen-bond donors (Lipinski definition) is 0. The van der Waals surface area contributed by atoms with Crippen LogP contribution in [0.25, 0.3) is 0 Å². The van der Waals surface area contributed by atoms with E-state index in [4.69, 9.17) is 18.5 Å². The maximum Gasteiger partial charge on any atom is 0.306 e. The number of phosphoric ester groups is 1. The molecule has 0 aliphatic carbocycles. The fourth-order valence-electron chi connectivity index (χ4n) is 5.17. The van der Waals surface area contributed by atoms with Crippen LogP contribution in [-0.4, -0.2) is 70.0 Å². The number of ether oxygens (including phenoxy) is 2. The zero-order valence-corrected chi connectivity index (χ0v) is 36.2. The number of carbonyl (C=O) groups excluding carboxylic acids is 2. The lowest BCUT2D eigenvalue weighted by Crippen LogP contribution is -2.37. The number of allylic oxidation sites excluding steroid dienone is 12. The predicted octanol–water partition coefficient (Wildman–Crippen LogP) is 11.2. The summed E-state index contributed by atoms with van der Waals surface area (Å²) < 4.78 is 33.7. The number of hydrogen-bond acceptors (Lipinski definition) is 8. The van der Waals surface area contributed by atoms with E-state index in [1.807, 2.05) is 33.3 Å². The summed E-state index contributed by atoms with van der Waals surface area (Å²) in [6.45, 7) is 3.97. The summed E-state index contributed by atoms with van der Waals surface area (Å²) in [6.07, 6.45) is 45.2. The molecule has 9 nitrogen and oxygen atoms in total. The summed E-state index contributed by atoms with van der Waals surface area (Å²) in [4.78, 5) is 37.4. The highest BCUT2D eigenvalue weighted by Crippen LogP contribution is 2.38. The lowest BCUT2D eigenvalue weighted by atomic mass is 10.1. The molecule has 0 aromatic heterocycles. The smallest absolute Gasteiger partial charge is 0.306 e. The Hall–Kier alpha value is -2.55. The van der Waals surface area contributed by atoms with Crippen molar-refractivity contribution >= 4 is 19.8 Å². The lowest BCUT2D eigenvalue weighted by molar-refractivity contribution is -0.870. The van der Waals surface area contributed by atoms with E-state index in [-0.39, 0.29) is 26.1 Å². The molecule has 0 aliphatic rings. The van der Waals surface area contributed by atoms with Crippen molar-refractivity contribution in [3.63, 3.8) is 0 Å². The molecule has 0 radical (unpaired) electrons. The SMILES string of the molecule is CC/C=C\C/C=C\C/C=C\C/C=C\CCC(=O)OC(COC(=O)CCCCCCCCC/C=C\C/C=C\CCCCCC)COP(=O)([O-])OCC[N+](C)(C)C. The van der Waals surface area contributed by atoms with Crippen LogP contribution in [0.1, 0.15) is 149 Å². The zero-order chi connectivity index (χ0) is 40.7. The van der Waals surface area contributed by atoms with E-state index in [0.717, 1.165) is 57.8 Å². The second-order valence-electron chi connectivity index (χ2n) is 15.0. The van der Waals surface area contributed by atoms with Gasteiger partial charge in [-0.2, -0.15) is 0 Å². The first-order valence-corrected chi connectivity index (χ1v) is 22.6. The van der Waals surface area contributed by atoms with Crippen LogP contribution in [0.2, 0.25) is 0 Å². The molecule has 0 fully saturated rings. The Bertz CT molecular complexity index is 1170. The van der Waals surface area contributed by atoms with Crippen molar-refractivity contribution in [2.45, 2.75) is 155 Å². The van der Waals surface area contributed by atoms with Gasteiger partial charge in [-0.05, 0) is 70.6 Å². The molecular weight excluding hydrogens is 713 g/mol. The van der Waals surface area contributed by atoms with Gasteiger partial charge in [0.1, 0.15) is 19.8 Å². The summed E-state index contributed by atoms with van der Waals surface area (Å²) in [7, 11) is 1.10. The summed E-state index contributed by atoms with van der Waals surface area (Å²) in [6, 6.07) is 0. The fraction of sp³-hybridized carbons (Fsp3) is 0.689. The van der Waals surface area contributed by atoms with E-state index >= 15 is 0 Å². The van der Waals surface area contributed by atoms with Gasteiger partial charge in [0.2, 0.25) is 0 Å². The summed E-state index contributed by atoms with van der Waals surface area (Å²) in [5.74, 6) is -0.945. The van der Waals surface area contributed by atoms with E-state index in [1.165, 1.54) is 51.4 Å². The molecule has 0 saturated heterocycles. The van der Waals surface area contributed by atoms with Crippen LogP contribution in [0.15, 0.2) is 72.9 Å². The zero-order valence-electron chi connectivity index (χ0n) is 35.3. The van der Waals surface area contributed by atoms with Gasteiger partial charge in [-0.25, -0.2) is 0 Å². The Kier molecular flexibility index (Phi) is 35.3. The molecule has 0 saturated carbocycles. The van der Waals surface area contributed by atoms with Crippen molar-refractivity contribution in [1.82, 2.24) is 0 Å². The monoisotopic (exact) mass is 792 g/mol. The van der Waals surface area contributed by atoms with Gasteiger partial charge in [0.25, 0.3) is 7.82 Å². The van der Waals surface area contributed by atoms with Crippen LogP contribution in [0.5, 0.6) is 0 Å². The standard InChI is InChI=1S/C45H78NO8P/c1-6-8-10-12-14-16-18-20-21-22-23-24-26-27-29-31-33-35-37-44(47)51-41-43(42-53-55(49,50)52-40-39-46(3,4)5)54-45(48)38-36-34-32-30-28-25-19-17-15-13-11-9-7-2/h9,11,15-18,21-22,25,28,32,34,43H,6-8,10,12-14,19-20,23-24,26-27,29-31,33,35-42H2,1-5H3/b11-9-,17-15-,18-16-,22-21-,28-25-,34-32-. The van der Waals surface area contributed by atoms with Crippen LogP contribution in [-0.2, 0) is 32.7 Å². The molecule has 0 aromatic carbocycles. The summed E-state index contributed by atoms with van der Waals surface area (Å²) in [5.41, 5.74) is 0. The molecular formula is C45H78NO8P. The number of likely N-dealkylation sites (N-methyl/N-ethyl adjacent to an activating group) is 1. The maximum atomic E-state index is 12.6. The van der Waals surface area contributed by atoms with Gasteiger partial charge >= 0.3 is 11.9 Å². The molecule has 55 heavy (non-hydrogen) atoms. The fourth-order valence-corrected chi connectivity index (χ4v) is 5.90. The molecule has 0 spiro atoms. The minimum atomic E-state index is -4.65. The van der Waals surface area contributed by atoms with Crippen molar-refractivity contribution in [3.8, 4) is 0 Å². The molecule has 0 heterocycles. The van der Waals surface area contributed by atoms with Crippen molar-refractivity contribution in [2.75, 3.05) is 47.5 Å². The van der Waals surface area contributed by atoms with Crippen molar-refractivity contribution < 1.29 is 42.1 Å². The molecule has 2 unspecified atom stereocenters. The topological polar surface area (TPSA) is 111 Å². The summed E-state index contributed by atoms with van der Waals surface area (Å²) >= 11 is 0. The van der Waals surface area contributed by atoms with E-state index in [0.29, 0.717) is 23.9 Å². The van der Waals surface area contributed by atoms with Gasteiger partial charge in [0.15, 0.2) is 6.10 Å². The van der Waals surface area contributed by atoms with Gasteiger partial charge in [-0.3, -0.25) is 14.2 Å². The molecule has 0 aliphatic heterocycles. The first kappa shape index (κ1) is 52.5. The Balaban J connectivity index is 4.46. The quantitative estimate of drug-likeness (QED) is 0.0201. The Labute approximate surface area is 336 Å². The summed E-state index contributed by atoms with van der Waals surface area (Å²) in [5, 5.41) is 0. The maximum absolute atomic E-state index is 12.6. The molecule has 0 N–H and O–H groups in total. The Morgan fingerprint density at radius 2 is 1.07 bits per heavy atom. The molecule has 316 valence electrons. The molecule has 0 amide bonds. The van der Waals surface area contributed by atoms with Gasteiger partial charge in [-0.1, -0.05) is 138 Å². The predicted molar refractivity (Wildman–Crippen MR) is 226 cm³/mol. The van der Waals surface area contributed by atoms with E-state index in [9.17, 15) is 19.0 Å². The van der Waals surface area contributed by atoms with Crippen LogP contribution in [0.3, 0.4) is 0 Å². The van der Waals surface area contributed by atoms with Gasteiger partial charge in [0, 0.05) is 12.8 Å². The highest BCUT2D eigenvalue weighted by atomic mass is 31.2. The third-order valence-electron chi connectivity index (χ3n) is 8.47. The Morgan fingerprint density at radius 1 is 0.582 bits per heavy atom. The second-order valence-corrected chi connectivity index (χ2v) is 16.4. The number of quaternary nitrogens is 1. The van der Waals surface area contributed by atoms with Crippen molar-refractivity contribution in [2.24, 2.45) is 0 Å².